The maximum Gasteiger partial charge on any atom is 0.250 e. The lowest BCUT2D eigenvalue weighted by molar-refractivity contribution is -0.119. The second-order valence-electron chi connectivity index (χ2n) is 5.47. The van der Waals surface area contributed by atoms with E-state index >= 15 is 0 Å². The van der Waals surface area contributed by atoms with E-state index in [1.165, 1.54) is 4.80 Å². The topological polar surface area (TPSA) is 72.7 Å². The van der Waals surface area contributed by atoms with Crippen molar-refractivity contribution in [3.63, 3.8) is 0 Å². The number of tetrazole rings is 1. The van der Waals surface area contributed by atoms with Crippen LogP contribution in [0.3, 0.4) is 0 Å². The molecular weight excluding hydrogens is 370 g/mol. The highest BCUT2D eigenvalue weighted by molar-refractivity contribution is 9.10. The monoisotopic (exact) mass is 385 g/mol. The Hall–Kier alpha value is -2.54. The first-order chi connectivity index (χ1) is 11.5. The van der Waals surface area contributed by atoms with Crippen molar-refractivity contribution in [2.45, 2.75) is 19.9 Å². The summed E-state index contributed by atoms with van der Waals surface area (Å²) in [6.07, 6.45) is 0. The lowest BCUT2D eigenvalue weighted by Gasteiger charge is -2.10. The molecule has 122 valence electrons. The van der Waals surface area contributed by atoms with Crippen molar-refractivity contribution >= 4 is 27.5 Å². The molecule has 6 nitrogen and oxygen atoms in total. The molecule has 0 aliphatic carbocycles. The van der Waals surface area contributed by atoms with Crippen LogP contribution in [0.4, 0.5) is 5.69 Å². The van der Waals surface area contributed by atoms with E-state index in [4.69, 9.17) is 0 Å². The molecule has 7 heteroatoms. The summed E-state index contributed by atoms with van der Waals surface area (Å²) < 4.78 is 0.953. The summed E-state index contributed by atoms with van der Waals surface area (Å²) in [7, 11) is 0. The Kier molecular flexibility index (Phi) is 4.71. The van der Waals surface area contributed by atoms with Crippen LogP contribution in [0.5, 0.6) is 0 Å². The van der Waals surface area contributed by atoms with Crippen LogP contribution in [-0.4, -0.2) is 26.1 Å². The number of aromatic nitrogens is 4. The quantitative estimate of drug-likeness (QED) is 0.744. The van der Waals surface area contributed by atoms with Gasteiger partial charge in [0.05, 0.1) is 0 Å². The van der Waals surface area contributed by atoms with Crippen molar-refractivity contribution in [3.05, 3.63) is 58.6 Å². The molecule has 0 spiro atoms. The summed E-state index contributed by atoms with van der Waals surface area (Å²) in [5, 5.41) is 15.2. The molecule has 1 atom stereocenters. The fourth-order valence-corrected chi connectivity index (χ4v) is 2.36. The molecule has 0 bridgehead atoms. The molecule has 0 fully saturated rings. The van der Waals surface area contributed by atoms with Crippen LogP contribution >= 0.6 is 15.9 Å². The average Bonchev–Trinajstić information content (AvgIpc) is 3.07. The minimum Gasteiger partial charge on any atom is -0.324 e. The van der Waals surface area contributed by atoms with Crippen LogP contribution < -0.4 is 5.32 Å². The summed E-state index contributed by atoms with van der Waals surface area (Å²) in [6, 6.07) is 14.6. The minimum atomic E-state index is -0.569. The van der Waals surface area contributed by atoms with Gasteiger partial charge in [0.2, 0.25) is 5.82 Å². The molecule has 1 aromatic heterocycles. The first-order valence-corrected chi connectivity index (χ1v) is 8.25. The van der Waals surface area contributed by atoms with Gasteiger partial charge in [0.1, 0.15) is 6.04 Å². The summed E-state index contributed by atoms with van der Waals surface area (Å²) in [5.41, 5.74) is 2.75. The maximum absolute atomic E-state index is 12.3. The number of nitrogens with one attached hydrogen (secondary N) is 1. The Labute approximate surface area is 148 Å². The molecular formula is C17H16BrN5O. The van der Waals surface area contributed by atoms with Crippen LogP contribution in [0.2, 0.25) is 0 Å². The molecule has 3 aromatic rings. The van der Waals surface area contributed by atoms with Gasteiger partial charge in [-0.15, -0.1) is 10.2 Å². The van der Waals surface area contributed by atoms with Crippen molar-refractivity contribution < 1.29 is 4.79 Å². The zero-order valence-corrected chi connectivity index (χ0v) is 14.9. The van der Waals surface area contributed by atoms with Crippen LogP contribution in [0, 0.1) is 6.92 Å². The first-order valence-electron chi connectivity index (χ1n) is 7.46. The fraction of sp³-hybridized carbons (Fsp3) is 0.176. The van der Waals surface area contributed by atoms with Crippen LogP contribution in [0.25, 0.3) is 11.4 Å². The Morgan fingerprint density at radius 3 is 2.46 bits per heavy atom. The van der Waals surface area contributed by atoms with Crippen molar-refractivity contribution in [2.75, 3.05) is 5.32 Å². The van der Waals surface area contributed by atoms with Gasteiger partial charge in [0.15, 0.2) is 0 Å². The molecule has 0 unspecified atom stereocenters. The lowest BCUT2D eigenvalue weighted by atomic mass is 10.1. The number of benzene rings is 2. The standard InChI is InChI=1S/C17H16BrN5O/c1-11-3-5-13(6-4-11)16-20-22-23(21-16)12(2)17(24)19-15-9-7-14(18)8-10-15/h3-10,12H,1-2H3,(H,19,24)/t12-/m1/s1. The third kappa shape index (κ3) is 3.68. The molecule has 24 heavy (non-hydrogen) atoms. The molecule has 2 aromatic carbocycles. The third-order valence-corrected chi connectivity index (χ3v) is 4.10. The van der Waals surface area contributed by atoms with Gasteiger partial charge >= 0.3 is 0 Å². The third-order valence-electron chi connectivity index (χ3n) is 3.58. The Balaban J connectivity index is 1.73. The van der Waals surface area contributed by atoms with E-state index in [0.717, 1.165) is 15.6 Å². The normalized spacial score (nSPS) is 12.0. The van der Waals surface area contributed by atoms with Crippen molar-refractivity contribution in [3.8, 4) is 11.4 Å². The minimum absolute atomic E-state index is 0.204. The van der Waals surface area contributed by atoms with Gasteiger partial charge in [0.25, 0.3) is 5.91 Å². The number of halogens is 1. The SMILES string of the molecule is Cc1ccc(-c2nnn([C@H](C)C(=O)Nc3ccc(Br)cc3)n2)cc1. The van der Waals surface area contributed by atoms with Gasteiger partial charge in [-0.25, -0.2) is 0 Å². The van der Waals surface area contributed by atoms with E-state index < -0.39 is 6.04 Å². The highest BCUT2D eigenvalue weighted by Crippen LogP contribution is 2.17. The summed E-state index contributed by atoms with van der Waals surface area (Å²) in [5.74, 6) is 0.295. The molecule has 0 aliphatic heterocycles. The number of nitrogens with zero attached hydrogens (tertiary/aromatic N) is 4. The second kappa shape index (κ2) is 6.92. The van der Waals surface area contributed by atoms with E-state index in [9.17, 15) is 4.79 Å². The Bertz CT molecular complexity index is 842. The van der Waals surface area contributed by atoms with E-state index in [2.05, 4.69) is 36.7 Å². The van der Waals surface area contributed by atoms with Gasteiger partial charge in [-0.2, -0.15) is 4.80 Å². The van der Waals surface area contributed by atoms with Gasteiger partial charge in [-0.1, -0.05) is 45.8 Å². The number of aryl methyl sites for hydroxylation is 1. The Morgan fingerprint density at radius 2 is 1.79 bits per heavy atom. The first kappa shape index (κ1) is 16.3. The van der Waals surface area contributed by atoms with Gasteiger partial charge < -0.3 is 5.32 Å². The van der Waals surface area contributed by atoms with Crippen molar-refractivity contribution in [2.24, 2.45) is 0 Å². The molecule has 0 radical (unpaired) electrons. The van der Waals surface area contributed by atoms with E-state index in [0.29, 0.717) is 11.5 Å². The molecule has 1 N–H and O–H groups in total. The number of carbonyl (C=O) groups is 1. The predicted octanol–water partition coefficient (Wildman–Crippen LogP) is 3.61. The highest BCUT2D eigenvalue weighted by Gasteiger charge is 2.18. The number of hydrogen-bond acceptors (Lipinski definition) is 4. The zero-order valence-electron chi connectivity index (χ0n) is 13.3. The smallest absolute Gasteiger partial charge is 0.250 e. The fourth-order valence-electron chi connectivity index (χ4n) is 2.09. The van der Waals surface area contributed by atoms with E-state index in [1.54, 1.807) is 6.92 Å². The van der Waals surface area contributed by atoms with Gasteiger partial charge in [-0.05, 0) is 43.3 Å². The second-order valence-corrected chi connectivity index (χ2v) is 6.39. The predicted molar refractivity (Wildman–Crippen MR) is 95.5 cm³/mol. The van der Waals surface area contributed by atoms with E-state index in [1.807, 2.05) is 55.5 Å². The molecule has 1 amide bonds. The van der Waals surface area contributed by atoms with Gasteiger partial charge in [0, 0.05) is 15.7 Å². The van der Waals surface area contributed by atoms with Crippen LogP contribution in [0.15, 0.2) is 53.0 Å². The van der Waals surface area contributed by atoms with Crippen LogP contribution in [-0.2, 0) is 4.79 Å². The molecule has 0 saturated carbocycles. The number of hydrogen-bond donors (Lipinski definition) is 1. The number of anilines is 1. The summed E-state index contributed by atoms with van der Waals surface area (Å²) in [6.45, 7) is 3.75. The molecule has 1 heterocycles. The number of carbonyl (C=O) groups excluding carboxylic acids is 1. The molecule has 0 aliphatic rings. The molecule has 3 rings (SSSR count). The number of rotatable bonds is 4. The van der Waals surface area contributed by atoms with Crippen molar-refractivity contribution in [1.29, 1.82) is 0 Å². The molecule has 0 saturated heterocycles. The maximum atomic E-state index is 12.3. The van der Waals surface area contributed by atoms with Gasteiger partial charge in [-0.3, -0.25) is 4.79 Å². The average molecular weight is 386 g/mol. The van der Waals surface area contributed by atoms with Crippen molar-refractivity contribution in [1.82, 2.24) is 20.2 Å². The largest absolute Gasteiger partial charge is 0.324 e. The Morgan fingerprint density at radius 1 is 1.12 bits per heavy atom. The highest BCUT2D eigenvalue weighted by atomic mass is 79.9. The summed E-state index contributed by atoms with van der Waals surface area (Å²) >= 11 is 3.36. The summed E-state index contributed by atoms with van der Waals surface area (Å²) in [4.78, 5) is 13.7. The van der Waals surface area contributed by atoms with Crippen LogP contribution in [0.1, 0.15) is 18.5 Å². The number of amides is 1. The zero-order chi connectivity index (χ0) is 17.1. The van der Waals surface area contributed by atoms with E-state index in [-0.39, 0.29) is 5.91 Å². The lowest BCUT2D eigenvalue weighted by Crippen LogP contribution is -2.25.